The molecule has 0 unspecified atom stereocenters. The Morgan fingerprint density at radius 2 is 1.88 bits per heavy atom. The molecule has 168 valence electrons. The van der Waals surface area contributed by atoms with E-state index in [0.717, 1.165) is 22.2 Å². The lowest BCUT2D eigenvalue weighted by molar-refractivity contribution is -0.149. The van der Waals surface area contributed by atoms with Crippen LogP contribution in [0.5, 0.6) is 11.5 Å². The molecule has 32 heavy (non-hydrogen) atoms. The maximum Gasteiger partial charge on any atom is 0.326 e. The van der Waals surface area contributed by atoms with Crippen molar-refractivity contribution in [3.8, 4) is 11.5 Å². The highest BCUT2D eigenvalue weighted by Crippen LogP contribution is 2.37. The quantitative estimate of drug-likeness (QED) is 0.396. The molecule has 7 nitrogen and oxygen atoms in total. The van der Waals surface area contributed by atoms with Gasteiger partial charge in [0.2, 0.25) is 0 Å². The number of rotatable bonds is 8. The second kappa shape index (κ2) is 10.6. The number of amides is 2. The molecule has 0 N–H and O–H groups in total. The second-order valence-electron chi connectivity index (χ2n) is 7.10. The average molecular weight is 476 g/mol. The van der Waals surface area contributed by atoms with Gasteiger partial charge in [-0.05, 0) is 55.4 Å². The molecule has 0 aliphatic carbocycles. The van der Waals surface area contributed by atoms with Crippen molar-refractivity contribution in [2.24, 2.45) is 0 Å². The van der Waals surface area contributed by atoms with Crippen LogP contribution in [-0.4, -0.2) is 41.8 Å². The van der Waals surface area contributed by atoms with Crippen molar-refractivity contribution in [1.29, 1.82) is 0 Å². The Bertz CT molecular complexity index is 1050. The van der Waals surface area contributed by atoms with Gasteiger partial charge in [0.05, 0.1) is 18.1 Å². The molecule has 1 aliphatic heterocycles. The van der Waals surface area contributed by atoms with Crippen molar-refractivity contribution < 1.29 is 28.6 Å². The molecule has 2 amide bonds. The zero-order chi connectivity index (χ0) is 23.3. The Labute approximate surface area is 195 Å². The third-order valence-corrected chi connectivity index (χ3v) is 5.50. The molecular formula is C23H22ClNO6S. The Balaban J connectivity index is 1.82. The molecule has 1 saturated heterocycles. The summed E-state index contributed by atoms with van der Waals surface area (Å²) >= 11 is 6.68. The molecule has 1 heterocycles. The lowest BCUT2D eigenvalue weighted by Crippen LogP contribution is -2.35. The van der Waals surface area contributed by atoms with Crippen LogP contribution < -0.4 is 9.47 Å². The number of carbonyl (C=O) groups excluding carboxylic acids is 3. The first-order valence-corrected chi connectivity index (χ1v) is 11.0. The molecule has 0 aromatic heterocycles. The summed E-state index contributed by atoms with van der Waals surface area (Å²) in [5, 5.41) is 0.0909. The zero-order valence-corrected chi connectivity index (χ0v) is 19.4. The number of benzene rings is 2. The number of hydrogen-bond donors (Lipinski definition) is 0. The van der Waals surface area contributed by atoms with E-state index in [1.807, 2.05) is 12.1 Å². The highest BCUT2D eigenvalue weighted by atomic mass is 35.5. The van der Waals surface area contributed by atoms with Crippen molar-refractivity contribution in [1.82, 2.24) is 4.90 Å². The Kier molecular flexibility index (Phi) is 7.82. The first-order valence-electron chi connectivity index (χ1n) is 9.77. The van der Waals surface area contributed by atoms with Crippen LogP contribution in [0.25, 0.3) is 6.08 Å². The van der Waals surface area contributed by atoms with Gasteiger partial charge in [-0.25, -0.2) is 0 Å². The normalized spacial score (nSPS) is 14.9. The Hall–Kier alpha value is -2.97. The third-order valence-electron chi connectivity index (χ3n) is 4.34. The number of ether oxygens (including phenoxy) is 3. The van der Waals surface area contributed by atoms with Gasteiger partial charge in [0.1, 0.15) is 13.2 Å². The third kappa shape index (κ3) is 5.83. The van der Waals surface area contributed by atoms with E-state index in [9.17, 15) is 14.4 Å². The summed E-state index contributed by atoms with van der Waals surface area (Å²) in [4.78, 5) is 38.0. The lowest BCUT2D eigenvalue weighted by Gasteiger charge is -2.14. The standard InChI is InChI=1S/C23H22ClNO6S/c1-14(2)31-20(26)12-25-22(27)19(32-23(25)28)11-16-5-4-6-18(29-3)21(16)30-13-15-7-9-17(24)10-8-15/h4-11,14H,12-13H2,1-3H3/b19-11+. The summed E-state index contributed by atoms with van der Waals surface area (Å²) in [6, 6.07) is 12.5. The number of esters is 1. The topological polar surface area (TPSA) is 82.1 Å². The zero-order valence-electron chi connectivity index (χ0n) is 17.8. The minimum atomic E-state index is -0.642. The summed E-state index contributed by atoms with van der Waals surface area (Å²) in [5.74, 6) is -0.299. The van der Waals surface area contributed by atoms with Crippen molar-refractivity contribution in [3.63, 3.8) is 0 Å². The van der Waals surface area contributed by atoms with Crippen LogP contribution in [0.1, 0.15) is 25.0 Å². The van der Waals surface area contributed by atoms with Gasteiger partial charge in [0, 0.05) is 10.6 Å². The predicted octanol–water partition coefficient (Wildman–Crippen LogP) is 4.92. The molecule has 0 radical (unpaired) electrons. The molecule has 2 aromatic carbocycles. The minimum absolute atomic E-state index is 0.178. The van der Waals surface area contributed by atoms with Gasteiger partial charge in [0.25, 0.3) is 11.1 Å². The van der Waals surface area contributed by atoms with Crippen molar-refractivity contribution in [2.75, 3.05) is 13.7 Å². The molecule has 3 rings (SSSR count). The van der Waals surface area contributed by atoms with E-state index in [1.165, 1.54) is 7.11 Å². The van der Waals surface area contributed by atoms with Crippen LogP contribution in [0.15, 0.2) is 47.4 Å². The van der Waals surface area contributed by atoms with Crippen molar-refractivity contribution in [2.45, 2.75) is 26.6 Å². The van der Waals surface area contributed by atoms with Crippen molar-refractivity contribution in [3.05, 3.63) is 63.5 Å². The van der Waals surface area contributed by atoms with E-state index in [2.05, 4.69) is 0 Å². The fourth-order valence-corrected chi connectivity index (χ4v) is 3.86. The predicted molar refractivity (Wildman–Crippen MR) is 123 cm³/mol. The molecule has 9 heteroatoms. The molecule has 0 bridgehead atoms. The highest BCUT2D eigenvalue weighted by Gasteiger charge is 2.37. The number of hydrogen-bond acceptors (Lipinski definition) is 7. The maximum atomic E-state index is 12.7. The summed E-state index contributed by atoms with van der Waals surface area (Å²) in [5.41, 5.74) is 1.46. The largest absolute Gasteiger partial charge is 0.493 e. The molecule has 0 saturated carbocycles. The fraction of sp³-hybridized carbons (Fsp3) is 0.261. The summed E-state index contributed by atoms with van der Waals surface area (Å²) in [6.45, 7) is 3.21. The Morgan fingerprint density at radius 1 is 1.16 bits per heavy atom. The summed E-state index contributed by atoms with van der Waals surface area (Å²) in [6.07, 6.45) is 1.22. The molecule has 1 fully saturated rings. The summed E-state index contributed by atoms with van der Waals surface area (Å²) < 4.78 is 16.4. The van der Waals surface area contributed by atoms with Crippen LogP contribution >= 0.6 is 23.4 Å². The highest BCUT2D eigenvalue weighted by molar-refractivity contribution is 8.18. The number of carbonyl (C=O) groups is 3. The van der Waals surface area contributed by atoms with E-state index in [1.54, 1.807) is 50.3 Å². The molecule has 1 aliphatic rings. The number of para-hydroxylation sites is 1. The Morgan fingerprint density at radius 3 is 2.53 bits per heavy atom. The first kappa shape index (κ1) is 23.7. The van der Waals surface area contributed by atoms with Crippen LogP contribution in [0, 0.1) is 0 Å². The van der Waals surface area contributed by atoms with Crippen LogP contribution in [0.2, 0.25) is 5.02 Å². The van der Waals surface area contributed by atoms with Gasteiger partial charge in [-0.3, -0.25) is 19.3 Å². The molecule has 0 spiro atoms. The first-order chi connectivity index (χ1) is 15.3. The monoisotopic (exact) mass is 475 g/mol. The fourth-order valence-electron chi connectivity index (χ4n) is 2.90. The van der Waals surface area contributed by atoms with Gasteiger partial charge < -0.3 is 14.2 Å². The van der Waals surface area contributed by atoms with Gasteiger partial charge >= 0.3 is 5.97 Å². The van der Waals surface area contributed by atoms with Gasteiger partial charge in [-0.15, -0.1) is 0 Å². The van der Waals surface area contributed by atoms with E-state index in [4.69, 9.17) is 25.8 Å². The van der Waals surface area contributed by atoms with Crippen LogP contribution in [0.3, 0.4) is 0 Å². The minimum Gasteiger partial charge on any atom is -0.493 e. The van der Waals surface area contributed by atoms with E-state index in [-0.39, 0.29) is 17.6 Å². The van der Waals surface area contributed by atoms with E-state index >= 15 is 0 Å². The van der Waals surface area contributed by atoms with Gasteiger partial charge in [-0.2, -0.15) is 0 Å². The number of thioether (sulfide) groups is 1. The number of imide groups is 1. The van der Waals surface area contributed by atoms with Gasteiger partial charge in [0.15, 0.2) is 11.5 Å². The van der Waals surface area contributed by atoms with Crippen LogP contribution in [0.4, 0.5) is 4.79 Å². The van der Waals surface area contributed by atoms with E-state index < -0.39 is 23.7 Å². The SMILES string of the molecule is COc1cccc(/C=C2/SC(=O)N(CC(=O)OC(C)C)C2=O)c1OCc1ccc(Cl)cc1. The van der Waals surface area contributed by atoms with E-state index in [0.29, 0.717) is 22.1 Å². The van der Waals surface area contributed by atoms with Crippen LogP contribution in [-0.2, 0) is 20.9 Å². The smallest absolute Gasteiger partial charge is 0.326 e. The summed E-state index contributed by atoms with van der Waals surface area (Å²) in [7, 11) is 1.52. The molecule has 2 aromatic rings. The number of nitrogens with zero attached hydrogens (tertiary/aromatic N) is 1. The van der Waals surface area contributed by atoms with Gasteiger partial charge in [-0.1, -0.05) is 35.9 Å². The number of halogens is 1. The van der Waals surface area contributed by atoms with Crippen molar-refractivity contribution >= 4 is 46.6 Å². The molecule has 0 atom stereocenters. The maximum absolute atomic E-state index is 12.7. The molecular weight excluding hydrogens is 454 g/mol. The lowest BCUT2D eigenvalue weighted by atomic mass is 10.1. The average Bonchev–Trinajstić information content (AvgIpc) is 3.00. The number of methoxy groups -OCH3 is 1. The second-order valence-corrected chi connectivity index (χ2v) is 8.53.